The Hall–Kier alpha value is -1.56. The molecule has 2 amide bonds. The highest BCUT2D eigenvalue weighted by atomic mass is 16.4. The topological polar surface area (TPSA) is 98.7 Å². The van der Waals surface area contributed by atoms with Gasteiger partial charge in [-0.05, 0) is 6.42 Å². The van der Waals surface area contributed by atoms with E-state index in [2.05, 4.69) is 17.2 Å². The maximum Gasteiger partial charge on any atom is 0.328 e. The van der Waals surface area contributed by atoms with Crippen molar-refractivity contribution in [3.63, 3.8) is 0 Å². The highest BCUT2D eigenvalue weighted by molar-refractivity contribution is 5.82. The second-order valence-corrected chi connectivity index (χ2v) is 2.55. The zero-order valence-electron chi connectivity index (χ0n) is 7.69. The van der Waals surface area contributed by atoms with E-state index in [1.165, 1.54) is 0 Å². The molecule has 0 aromatic heterocycles. The maximum absolute atomic E-state index is 11.0. The molecular weight excluding hydrogens is 188 g/mol. The third kappa shape index (κ3) is 5.15. The Kier molecular flexibility index (Phi) is 6.13. The van der Waals surface area contributed by atoms with Gasteiger partial charge in [0.1, 0.15) is 0 Å². The van der Waals surface area contributed by atoms with Gasteiger partial charge in [0.25, 0.3) is 0 Å². The molecule has 1 unspecified atom stereocenters. The largest absolute Gasteiger partial charge is 0.480 e. The molecule has 6 nitrogen and oxygen atoms in total. The number of carboxylic acids is 1. The number of hydrogen-bond donors (Lipinski definition) is 4. The van der Waals surface area contributed by atoms with Crippen LogP contribution in [0, 0.1) is 0 Å². The first-order chi connectivity index (χ1) is 6.61. The van der Waals surface area contributed by atoms with E-state index in [0.717, 1.165) is 0 Å². The molecule has 0 aliphatic heterocycles. The molecule has 0 rings (SSSR count). The number of carbonyl (C=O) groups is 2. The second-order valence-electron chi connectivity index (χ2n) is 2.55. The summed E-state index contributed by atoms with van der Waals surface area (Å²) in [6, 6.07) is -1.88. The van der Waals surface area contributed by atoms with Crippen LogP contribution in [0.1, 0.15) is 6.42 Å². The first-order valence-electron chi connectivity index (χ1n) is 4.10. The van der Waals surface area contributed by atoms with Crippen LogP contribution in [0.5, 0.6) is 0 Å². The van der Waals surface area contributed by atoms with Crippen molar-refractivity contribution in [2.24, 2.45) is 0 Å². The van der Waals surface area contributed by atoms with E-state index < -0.39 is 24.6 Å². The number of aliphatic carboxylic acids is 1. The van der Waals surface area contributed by atoms with Crippen molar-refractivity contribution in [1.82, 2.24) is 10.6 Å². The molecule has 4 N–H and O–H groups in total. The molecule has 80 valence electrons. The molecule has 0 saturated heterocycles. The van der Waals surface area contributed by atoms with Gasteiger partial charge in [0.05, 0.1) is 6.61 Å². The minimum atomic E-state index is -1.27. The molecule has 0 fully saturated rings. The quantitative estimate of drug-likeness (QED) is 0.338. The molecular formula is C8H14N2O4. The number of aliphatic hydroxyl groups is 1. The van der Waals surface area contributed by atoms with Crippen LogP contribution in [0.2, 0.25) is 0 Å². The SMILES string of the molecule is C=CCCNC(=O)NC(CO)C(=O)O. The molecule has 0 bridgehead atoms. The van der Waals surface area contributed by atoms with Crippen LogP contribution in [0.3, 0.4) is 0 Å². The van der Waals surface area contributed by atoms with E-state index in [9.17, 15) is 9.59 Å². The lowest BCUT2D eigenvalue weighted by Gasteiger charge is -2.11. The number of aliphatic hydroxyl groups excluding tert-OH is 1. The van der Waals surface area contributed by atoms with Crippen LogP contribution in [0.4, 0.5) is 4.79 Å². The minimum absolute atomic E-state index is 0.382. The molecule has 0 heterocycles. The Bertz CT molecular complexity index is 217. The lowest BCUT2D eigenvalue weighted by molar-refractivity contribution is -0.140. The van der Waals surface area contributed by atoms with E-state index in [0.29, 0.717) is 13.0 Å². The van der Waals surface area contributed by atoms with E-state index in [1.807, 2.05) is 0 Å². The van der Waals surface area contributed by atoms with E-state index >= 15 is 0 Å². The number of carboxylic acid groups (broad SMARTS) is 1. The van der Waals surface area contributed by atoms with E-state index in [1.54, 1.807) is 6.08 Å². The minimum Gasteiger partial charge on any atom is -0.480 e. The van der Waals surface area contributed by atoms with Gasteiger partial charge < -0.3 is 20.8 Å². The Morgan fingerprint density at radius 2 is 2.14 bits per heavy atom. The summed E-state index contributed by atoms with van der Waals surface area (Å²) < 4.78 is 0. The Labute approximate surface area is 81.6 Å². The summed E-state index contributed by atoms with van der Waals surface area (Å²) in [7, 11) is 0. The van der Waals surface area contributed by atoms with Crippen molar-refractivity contribution < 1.29 is 19.8 Å². The van der Waals surface area contributed by atoms with Gasteiger partial charge in [-0.2, -0.15) is 0 Å². The monoisotopic (exact) mass is 202 g/mol. The van der Waals surface area contributed by atoms with Crippen LogP contribution >= 0.6 is 0 Å². The fourth-order valence-corrected chi connectivity index (χ4v) is 0.683. The van der Waals surface area contributed by atoms with Gasteiger partial charge in [-0.1, -0.05) is 6.08 Å². The summed E-state index contributed by atoms with van der Waals surface area (Å²) in [4.78, 5) is 21.3. The van der Waals surface area contributed by atoms with Crippen molar-refractivity contribution in [2.45, 2.75) is 12.5 Å². The van der Waals surface area contributed by atoms with Gasteiger partial charge in [-0.3, -0.25) is 0 Å². The molecule has 0 radical (unpaired) electrons. The summed E-state index contributed by atoms with van der Waals surface area (Å²) in [6.07, 6.45) is 2.23. The van der Waals surface area contributed by atoms with E-state index in [-0.39, 0.29) is 0 Å². The average molecular weight is 202 g/mol. The van der Waals surface area contributed by atoms with Crippen LogP contribution in [0.25, 0.3) is 0 Å². The van der Waals surface area contributed by atoms with Gasteiger partial charge in [-0.15, -0.1) is 6.58 Å². The Morgan fingerprint density at radius 1 is 1.50 bits per heavy atom. The predicted molar refractivity (Wildman–Crippen MR) is 49.9 cm³/mol. The van der Waals surface area contributed by atoms with Crippen molar-refractivity contribution in [3.8, 4) is 0 Å². The van der Waals surface area contributed by atoms with E-state index in [4.69, 9.17) is 10.2 Å². The summed E-state index contributed by atoms with van der Waals surface area (Å²) in [5, 5.41) is 21.6. The molecule has 0 aromatic rings. The molecule has 1 atom stereocenters. The van der Waals surface area contributed by atoms with Crippen molar-refractivity contribution in [1.29, 1.82) is 0 Å². The molecule has 0 saturated carbocycles. The predicted octanol–water partition coefficient (Wildman–Crippen LogP) is -0.693. The fraction of sp³-hybridized carbons (Fsp3) is 0.500. The third-order valence-electron chi connectivity index (χ3n) is 1.42. The summed E-state index contributed by atoms with van der Waals surface area (Å²) in [6.45, 7) is 3.20. The van der Waals surface area contributed by atoms with Crippen LogP contribution < -0.4 is 10.6 Å². The van der Waals surface area contributed by atoms with Crippen molar-refractivity contribution in [3.05, 3.63) is 12.7 Å². The van der Waals surface area contributed by atoms with Crippen LogP contribution in [-0.4, -0.2) is 41.4 Å². The van der Waals surface area contributed by atoms with Gasteiger partial charge in [-0.25, -0.2) is 9.59 Å². The first-order valence-corrected chi connectivity index (χ1v) is 4.10. The molecule has 0 aliphatic rings. The zero-order valence-corrected chi connectivity index (χ0v) is 7.69. The van der Waals surface area contributed by atoms with Crippen molar-refractivity contribution in [2.75, 3.05) is 13.2 Å². The normalized spacial score (nSPS) is 11.5. The number of amides is 2. The highest BCUT2D eigenvalue weighted by Gasteiger charge is 2.17. The molecule has 6 heteroatoms. The Balaban J connectivity index is 3.79. The van der Waals surface area contributed by atoms with Crippen LogP contribution in [-0.2, 0) is 4.79 Å². The molecule has 0 aromatic carbocycles. The summed E-state index contributed by atoms with van der Waals surface area (Å²) in [5.41, 5.74) is 0. The van der Waals surface area contributed by atoms with Gasteiger partial charge in [0, 0.05) is 6.54 Å². The molecule has 14 heavy (non-hydrogen) atoms. The fourth-order valence-electron chi connectivity index (χ4n) is 0.683. The number of carbonyl (C=O) groups excluding carboxylic acids is 1. The number of hydrogen-bond acceptors (Lipinski definition) is 3. The number of rotatable bonds is 6. The second kappa shape index (κ2) is 6.90. The standard InChI is InChI=1S/C8H14N2O4/c1-2-3-4-9-8(14)10-6(5-11)7(12)13/h2,6,11H,1,3-5H2,(H,12,13)(H2,9,10,14). The van der Waals surface area contributed by atoms with Gasteiger partial charge >= 0.3 is 12.0 Å². The zero-order chi connectivity index (χ0) is 11.0. The number of nitrogens with one attached hydrogen (secondary N) is 2. The lowest BCUT2D eigenvalue weighted by atomic mass is 10.3. The van der Waals surface area contributed by atoms with Gasteiger partial charge in [0.15, 0.2) is 6.04 Å². The van der Waals surface area contributed by atoms with Crippen LogP contribution in [0.15, 0.2) is 12.7 Å². The van der Waals surface area contributed by atoms with Gasteiger partial charge in [0.2, 0.25) is 0 Å². The summed E-state index contributed by atoms with van der Waals surface area (Å²) >= 11 is 0. The average Bonchev–Trinajstić information content (AvgIpc) is 2.14. The lowest BCUT2D eigenvalue weighted by Crippen LogP contribution is -2.48. The highest BCUT2D eigenvalue weighted by Crippen LogP contribution is 1.82. The maximum atomic E-state index is 11.0. The third-order valence-corrected chi connectivity index (χ3v) is 1.42. The molecule has 0 aliphatic carbocycles. The van der Waals surface area contributed by atoms with Crippen molar-refractivity contribution >= 4 is 12.0 Å². The smallest absolute Gasteiger partial charge is 0.328 e. The molecule has 0 spiro atoms. The first kappa shape index (κ1) is 12.4. The number of urea groups is 1. The Morgan fingerprint density at radius 3 is 2.57 bits per heavy atom. The summed E-state index contributed by atoms with van der Waals surface area (Å²) in [5.74, 6) is -1.27.